The minimum Gasteiger partial charge on any atom is -0.481 e. The van der Waals surface area contributed by atoms with Crippen LogP contribution in [0.25, 0.3) is 0 Å². The van der Waals surface area contributed by atoms with Gasteiger partial charge >= 0.3 is 0 Å². The number of morpholine rings is 1. The fourth-order valence-corrected chi connectivity index (χ4v) is 4.13. The van der Waals surface area contributed by atoms with Crippen molar-refractivity contribution in [1.29, 1.82) is 0 Å². The van der Waals surface area contributed by atoms with Crippen molar-refractivity contribution in [2.45, 2.75) is 49.8 Å². The van der Waals surface area contributed by atoms with Crippen LogP contribution in [0.2, 0.25) is 0 Å². The number of hydrogen-bond donors (Lipinski definition) is 3. The lowest BCUT2D eigenvalue weighted by Crippen LogP contribution is -2.69. The highest BCUT2D eigenvalue weighted by molar-refractivity contribution is 5.87. The first-order chi connectivity index (χ1) is 13.3. The van der Waals surface area contributed by atoms with Gasteiger partial charge in [0.25, 0.3) is 5.97 Å². The molecule has 0 spiro atoms. The van der Waals surface area contributed by atoms with Crippen LogP contribution in [0, 0.1) is 0 Å². The van der Waals surface area contributed by atoms with Gasteiger partial charge in [-0.2, -0.15) is 0 Å². The van der Waals surface area contributed by atoms with E-state index in [0.29, 0.717) is 19.5 Å². The maximum absolute atomic E-state index is 12.7. The van der Waals surface area contributed by atoms with E-state index in [2.05, 4.69) is 5.32 Å². The molecule has 2 atom stereocenters. The molecule has 0 unspecified atom stereocenters. The van der Waals surface area contributed by atoms with Crippen LogP contribution in [0.1, 0.15) is 38.2 Å². The summed E-state index contributed by atoms with van der Waals surface area (Å²) in [6.45, 7) is 2.16. The molecule has 1 aromatic carbocycles. The van der Waals surface area contributed by atoms with Crippen LogP contribution in [0.15, 0.2) is 30.3 Å². The van der Waals surface area contributed by atoms with Gasteiger partial charge in [0, 0.05) is 20.0 Å². The Balaban J connectivity index is 0.000000516. The Kier molecular flexibility index (Phi) is 5.71. The Bertz CT molecular complexity index is 745. The van der Waals surface area contributed by atoms with Crippen LogP contribution in [-0.4, -0.2) is 59.1 Å². The van der Waals surface area contributed by atoms with Crippen molar-refractivity contribution in [2.75, 3.05) is 19.7 Å². The van der Waals surface area contributed by atoms with Gasteiger partial charge in [0.05, 0.1) is 11.1 Å². The van der Waals surface area contributed by atoms with Gasteiger partial charge in [0.15, 0.2) is 0 Å². The molecule has 3 fully saturated rings. The van der Waals surface area contributed by atoms with Crippen LogP contribution in [-0.2, 0) is 24.7 Å². The Hall–Kier alpha value is -2.45. The molecule has 2 heterocycles. The fourth-order valence-electron chi connectivity index (χ4n) is 4.13. The zero-order chi connectivity index (χ0) is 20.4. The highest BCUT2D eigenvalue weighted by atomic mass is 16.5. The number of ether oxygens (including phenoxy) is 1. The lowest BCUT2D eigenvalue weighted by atomic mass is 9.74. The summed E-state index contributed by atoms with van der Waals surface area (Å²) in [6, 6.07) is 9.89. The normalized spacial score (nSPS) is 28.0. The topological polar surface area (TPSA) is 122 Å². The van der Waals surface area contributed by atoms with E-state index in [1.54, 1.807) is 0 Å². The molecule has 0 aromatic heterocycles. The number of fused-ring (bicyclic) bond motifs is 1. The second-order valence-corrected chi connectivity index (χ2v) is 7.72. The van der Waals surface area contributed by atoms with E-state index in [0.717, 1.165) is 31.7 Å². The minimum atomic E-state index is -0.833. The molecule has 3 aliphatic rings. The average Bonchev–Trinajstić information content (AvgIpc) is 2.65. The van der Waals surface area contributed by atoms with Crippen molar-refractivity contribution in [3.05, 3.63) is 35.9 Å². The summed E-state index contributed by atoms with van der Waals surface area (Å²) in [5, 5.41) is 10.6. The van der Waals surface area contributed by atoms with Crippen molar-refractivity contribution >= 4 is 17.8 Å². The number of nitrogens with one attached hydrogen (secondary N) is 1. The smallest absolute Gasteiger partial charge is 0.300 e. The van der Waals surface area contributed by atoms with E-state index in [-0.39, 0.29) is 24.5 Å². The van der Waals surface area contributed by atoms with Crippen molar-refractivity contribution in [3.8, 4) is 0 Å². The lowest BCUT2D eigenvalue weighted by Gasteiger charge is -2.52. The van der Waals surface area contributed by atoms with Crippen molar-refractivity contribution in [2.24, 2.45) is 5.73 Å². The zero-order valence-corrected chi connectivity index (χ0v) is 16.0. The molecule has 1 saturated carbocycles. The highest BCUT2D eigenvalue weighted by Gasteiger charge is 2.52. The average molecular weight is 389 g/mol. The van der Waals surface area contributed by atoms with Gasteiger partial charge in [0.1, 0.15) is 12.7 Å². The van der Waals surface area contributed by atoms with Gasteiger partial charge < -0.3 is 25.8 Å². The SMILES string of the molecule is CC(=O)O.NC1(C(=O)N2CC[C@@]3(c4ccccc4)NC(=O)CO[C@@H]3C2)CCC1. The lowest BCUT2D eigenvalue weighted by molar-refractivity contribution is -0.161. The zero-order valence-electron chi connectivity index (χ0n) is 16.0. The number of hydrogen-bond acceptors (Lipinski definition) is 5. The van der Waals surface area contributed by atoms with E-state index in [9.17, 15) is 9.59 Å². The number of benzene rings is 1. The molecule has 2 aliphatic heterocycles. The Morgan fingerprint density at radius 2 is 1.89 bits per heavy atom. The number of likely N-dealkylation sites (tertiary alicyclic amines) is 1. The summed E-state index contributed by atoms with van der Waals surface area (Å²) in [7, 11) is 0. The molecule has 2 amide bonds. The van der Waals surface area contributed by atoms with E-state index in [1.165, 1.54) is 0 Å². The molecule has 1 aliphatic carbocycles. The number of carboxylic acid groups (broad SMARTS) is 1. The molecule has 0 bridgehead atoms. The molecule has 0 radical (unpaired) electrons. The number of aliphatic carboxylic acids is 1. The van der Waals surface area contributed by atoms with Crippen LogP contribution < -0.4 is 11.1 Å². The van der Waals surface area contributed by atoms with Crippen molar-refractivity contribution in [1.82, 2.24) is 10.2 Å². The van der Waals surface area contributed by atoms with Gasteiger partial charge in [-0.1, -0.05) is 30.3 Å². The number of rotatable bonds is 2. The molecule has 4 N–H and O–H groups in total. The van der Waals surface area contributed by atoms with E-state index < -0.39 is 17.0 Å². The molecule has 2 saturated heterocycles. The number of piperidine rings is 1. The van der Waals surface area contributed by atoms with E-state index in [1.807, 2.05) is 35.2 Å². The summed E-state index contributed by atoms with van der Waals surface area (Å²) in [5.74, 6) is -0.917. The number of carbonyl (C=O) groups is 3. The second-order valence-electron chi connectivity index (χ2n) is 7.72. The predicted octanol–water partition coefficient (Wildman–Crippen LogP) is 0.602. The fraction of sp³-hybridized carbons (Fsp3) is 0.550. The maximum Gasteiger partial charge on any atom is 0.300 e. The third kappa shape index (κ3) is 3.88. The van der Waals surface area contributed by atoms with Crippen molar-refractivity contribution in [3.63, 3.8) is 0 Å². The van der Waals surface area contributed by atoms with Crippen LogP contribution >= 0.6 is 0 Å². The first-order valence-corrected chi connectivity index (χ1v) is 9.53. The molecule has 152 valence electrons. The Morgan fingerprint density at radius 3 is 2.46 bits per heavy atom. The quantitative estimate of drug-likeness (QED) is 0.681. The third-order valence-electron chi connectivity index (χ3n) is 5.74. The van der Waals surface area contributed by atoms with Gasteiger partial charge in [-0.15, -0.1) is 0 Å². The van der Waals surface area contributed by atoms with Crippen molar-refractivity contribution < 1.29 is 24.2 Å². The summed E-state index contributed by atoms with van der Waals surface area (Å²) >= 11 is 0. The molecular weight excluding hydrogens is 362 g/mol. The van der Waals surface area contributed by atoms with Crippen LogP contribution in [0.4, 0.5) is 0 Å². The number of carboxylic acids is 1. The molecule has 8 nitrogen and oxygen atoms in total. The van der Waals surface area contributed by atoms with Crippen LogP contribution in [0.3, 0.4) is 0 Å². The Labute approximate surface area is 164 Å². The second kappa shape index (κ2) is 7.89. The van der Waals surface area contributed by atoms with E-state index in [4.69, 9.17) is 20.4 Å². The summed E-state index contributed by atoms with van der Waals surface area (Å²) in [4.78, 5) is 35.6. The highest BCUT2D eigenvalue weighted by Crippen LogP contribution is 2.39. The molecule has 4 rings (SSSR count). The summed E-state index contributed by atoms with van der Waals surface area (Å²) in [6.07, 6.45) is 2.91. The van der Waals surface area contributed by atoms with Crippen LogP contribution in [0.5, 0.6) is 0 Å². The van der Waals surface area contributed by atoms with E-state index >= 15 is 0 Å². The van der Waals surface area contributed by atoms with Gasteiger partial charge in [-0.25, -0.2) is 0 Å². The maximum atomic E-state index is 12.7. The molecule has 8 heteroatoms. The summed E-state index contributed by atoms with van der Waals surface area (Å²) < 4.78 is 5.85. The Morgan fingerprint density at radius 1 is 1.25 bits per heavy atom. The number of nitrogens with two attached hydrogens (primary N) is 1. The first kappa shape index (κ1) is 20.3. The predicted molar refractivity (Wildman–Crippen MR) is 101 cm³/mol. The summed E-state index contributed by atoms with van der Waals surface area (Å²) in [5.41, 5.74) is 5.99. The number of amides is 2. The standard InChI is InChI=1S/C18H23N3O3.C2H4O2/c19-17(7-4-8-17)16(23)21-10-9-18(13-5-2-1-3-6-13)14(11-21)24-12-15(22)20-18;1-2(3)4/h1-3,5-6,14H,4,7-12,19H2,(H,20,22);1H3,(H,3,4)/t14-,18+;/m1./s1. The largest absolute Gasteiger partial charge is 0.481 e. The molecule has 28 heavy (non-hydrogen) atoms. The number of carbonyl (C=O) groups excluding carboxylic acids is 2. The molecular formula is C20H27N3O5. The van der Waals surface area contributed by atoms with Gasteiger partial charge in [0.2, 0.25) is 11.8 Å². The third-order valence-corrected chi connectivity index (χ3v) is 5.74. The van der Waals surface area contributed by atoms with Gasteiger partial charge in [-0.3, -0.25) is 14.4 Å². The first-order valence-electron chi connectivity index (χ1n) is 9.53. The minimum absolute atomic E-state index is 0.0240. The van der Waals surface area contributed by atoms with Gasteiger partial charge in [-0.05, 0) is 31.2 Å². The molecule has 1 aromatic rings. The monoisotopic (exact) mass is 389 g/mol. The number of nitrogens with zero attached hydrogens (tertiary/aromatic N) is 1.